The summed E-state index contributed by atoms with van der Waals surface area (Å²) in [5.41, 5.74) is 1.69. The molecule has 3 rings (SSSR count). The molecule has 2 aromatic rings. The van der Waals surface area contributed by atoms with E-state index >= 15 is 0 Å². The molecule has 1 fully saturated rings. The highest BCUT2D eigenvalue weighted by atomic mass is 16.2. The number of rotatable bonds is 5. The van der Waals surface area contributed by atoms with Crippen molar-refractivity contribution in [2.24, 2.45) is 0 Å². The smallest absolute Gasteiger partial charge is 0.268 e. The normalized spacial score (nSPS) is 17.9. The molecule has 0 bridgehead atoms. The SMILES string of the molecule is CCCn1c(C(=O)NC2CCN(C(C)C)C2=O)cc2ccccc21. The summed E-state index contributed by atoms with van der Waals surface area (Å²) in [4.78, 5) is 27.0. The lowest BCUT2D eigenvalue weighted by Crippen LogP contribution is -2.43. The Kier molecular flexibility index (Phi) is 4.60. The van der Waals surface area contributed by atoms with E-state index in [0.717, 1.165) is 23.9 Å². The van der Waals surface area contributed by atoms with Crippen LogP contribution in [0.5, 0.6) is 0 Å². The molecule has 0 spiro atoms. The Balaban J connectivity index is 1.84. The average Bonchev–Trinajstić information content (AvgIpc) is 3.10. The number of likely N-dealkylation sites (tertiary alicyclic amines) is 1. The van der Waals surface area contributed by atoms with Crippen LogP contribution < -0.4 is 5.32 Å². The Morgan fingerprint density at radius 2 is 2.08 bits per heavy atom. The van der Waals surface area contributed by atoms with Gasteiger partial charge in [-0.2, -0.15) is 0 Å². The van der Waals surface area contributed by atoms with Crippen molar-refractivity contribution in [2.75, 3.05) is 6.54 Å². The fourth-order valence-electron chi connectivity index (χ4n) is 3.44. The second kappa shape index (κ2) is 6.67. The number of hydrogen-bond acceptors (Lipinski definition) is 2. The molecule has 1 aromatic carbocycles. The van der Waals surface area contributed by atoms with Crippen molar-refractivity contribution < 1.29 is 9.59 Å². The van der Waals surface area contributed by atoms with Crippen LogP contribution in [-0.2, 0) is 11.3 Å². The van der Waals surface area contributed by atoms with Crippen molar-refractivity contribution in [3.63, 3.8) is 0 Å². The summed E-state index contributed by atoms with van der Waals surface area (Å²) >= 11 is 0. The lowest BCUT2D eigenvalue weighted by atomic mass is 10.2. The summed E-state index contributed by atoms with van der Waals surface area (Å²) < 4.78 is 2.05. The third kappa shape index (κ3) is 2.90. The summed E-state index contributed by atoms with van der Waals surface area (Å²) in [5.74, 6) is -0.139. The van der Waals surface area contributed by atoms with E-state index in [2.05, 4.69) is 12.2 Å². The zero-order chi connectivity index (χ0) is 17.3. The van der Waals surface area contributed by atoms with Crippen LogP contribution in [0.3, 0.4) is 0 Å². The van der Waals surface area contributed by atoms with E-state index in [1.54, 1.807) is 0 Å². The number of nitrogens with one attached hydrogen (secondary N) is 1. The van der Waals surface area contributed by atoms with E-state index in [-0.39, 0.29) is 17.9 Å². The molecule has 1 saturated heterocycles. The van der Waals surface area contributed by atoms with Crippen LogP contribution in [0.15, 0.2) is 30.3 Å². The van der Waals surface area contributed by atoms with Crippen LogP contribution >= 0.6 is 0 Å². The maximum Gasteiger partial charge on any atom is 0.268 e. The molecule has 0 aliphatic carbocycles. The van der Waals surface area contributed by atoms with E-state index in [9.17, 15) is 9.59 Å². The van der Waals surface area contributed by atoms with Crippen molar-refractivity contribution in [3.8, 4) is 0 Å². The summed E-state index contributed by atoms with van der Waals surface area (Å²) in [7, 11) is 0. The number of carbonyl (C=O) groups excluding carboxylic acids is 2. The predicted molar refractivity (Wildman–Crippen MR) is 94.9 cm³/mol. The number of fused-ring (bicyclic) bond motifs is 1. The van der Waals surface area contributed by atoms with Gasteiger partial charge in [0.2, 0.25) is 5.91 Å². The first kappa shape index (κ1) is 16.6. The van der Waals surface area contributed by atoms with Gasteiger partial charge in [0.1, 0.15) is 11.7 Å². The summed E-state index contributed by atoms with van der Waals surface area (Å²) in [6.45, 7) is 7.59. The molecule has 24 heavy (non-hydrogen) atoms. The van der Waals surface area contributed by atoms with E-state index in [0.29, 0.717) is 18.7 Å². The van der Waals surface area contributed by atoms with Crippen molar-refractivity contribution in [1.29, 1.82) is 0 Å². The second-order valence-corrected chi connectivity index (χ2v) is 6.68. The van der Waals surface area contributed by atoms with Gasteiger partial charge in [0.05, 0.1) is 0 Å². The van der Waals surface area contributed by atoms with Gasteiger partial charge in [-0.15, -0.1) is 0 Å². The van der Waals surface area contributed by atoms with Gasteiger partial charge in [-0.1, -0.05) is 25.1 Å². The molecule has 0 saturated carbocycles. The maximum atomic E-state index is 12.8. The first-order valence-corrected chi connectivity index (χ1v) is 8.72. The fourth-order valence-corrected chi connectivity index (χ4v) is 3.44. The molecule has 1 N–H and O–H groups in total. The number of benzene rings is 1. The van der Waals surface area contributed by atoms with Crippen LogP contribution in [-0.4, -0.2) is 39.9 Å². The van der Waals surface area contributed by atoms with Gasteiger partial charge in [0.25, 0.3) is 5.91 Å². The topological polar surface area (TPSA) is 54.3 Å². The fraction of sp³-hybridized carbons (Fsp3) is 0.474. The monoisotopic (exact) mass is 327 g/mol. The first-order chi connectivity index (χ1) is 11.5. The van der Waals surface area contributed by atoms with E-state index < -0.39 is 6.04 Å². The van der Waals surface area contributed by atoms with Crippen LogP contribution in [0, 0.1) is 0 Å². The van der Waals surface area contributed by atoms with Crippen molar-refractivity contribution in [3.05, 3.63) is 36.0 Å². The molecule has 1 aliphatic rings. The summed E-state index contributed by atoms with van der Waals surface area (Å²) in [6, 6.07) is 9.68. The third-order valence-electron chi connectivity index (χ3n) is 4.66. The molecule has 2 amide bonds. The zero-order valence-corrected chi connectivity index (χ0v) is 14.6. The van der Waals surface area contributed by atoms with Gasteiger partial charge in [-0.3, -0.25) is 9.59 Å². The van der Waals surface area contributed by atoms with Crippen LogP contribution in [0.25, 0.3) is 10.9 Å². The van der Waals surface area contributed by atoms with Crippen LogP contribution in [0.2, 0.25) is 0 Å². The van der Waals surface area contributed by atoms with Crippen LogP contribution in [0.4, 0.5) is 0 Å². The summed E-state index contributed by atoms with van der Waals surface area (Å²) in [5, 5.41) is 3.99. The highest BCUT2D eigenvalue weighted by Gasteiger charge is 2.34. The van der Waals surface area contributed by atoms with Gasteiger partial charge in [-0.05, 0) is 38.8 Å². The molecule has 128 valence electrons. The number of aromatic nitrogens is 1. The standard InChI is InChI=1S/C19H25N3O2/c1-4-10-22-16-8-6-5-7-14(16)12-17(22)18(23)20-15-9-11-21(13(2)3)19(15)24/h5-8,12-13,15H,4,9-11H2,1-3H3,(H,20,23). The summed E-state index contributed by atoms with van der Waals surface area (Å²) in [6.07, 6.45) is 1.62. The molecule has 2 heterocycles. The Morgan fingerprint density at radius 1 is 1.33 bits per heavy atom. The van der Waals surface area contributed by atoms with Gasteiger partial charge in [0, 0.05) is 30.0 Å². The van der Waals surface area contributed by atoms with Crippen molar-refractivity contribution >= 4 is 22.7 Å². The molecule has 1 aliphatic heterocycles. The third-order valence-corrected chi connectivity index (χ3v) is 4.66. The molecule has 1 unspecified atom stereocenters. The maximum absolute atomic E-state index is 12.8. The number of aryl methyl sites for hydroxylation is 1. The molecule has 5 heteroatoms. The minimum atomic E-state index is -0.409. The lowest BCUT2D eigenvalue weighted by Gasteiger charge is -2.21. The molecular weight excluding hydrogens is 302 g/mol. The van der Waals surface area contributed by atoms with Crippen molar-refractivity contribution in [2.45, 2.75) is 52.2 Å². The average molecular weight is 327 g/mol. The minimum Gasteiger partial charge on any atom is -0.339 e. The predicted octanol–water partition coefficient (Wildman–Crippen LogP) is 2.79. The highest BCUT2D eigenvalue weighted by Crippen LogP contribution is 2.21. The number of hydrogen-bond donors (Lipinski definition) is 1. The largest absolute Gasteiger partial charge is 0.339 e. The first-order valence-electron chi connectivity index (χ1n) is 8.72. The minimum absolute atomic E-state index is 0.0245. The van der Waals surface area contributed by atoms with Gasteiger partial charge >= 0.3 is 0 Å². The number of carbonyl (C=O) groups is 2. The Hall–Kier alpha value is -2.30. The zero-order valence-electron chi connectivity index (χ0n) is 14.6. The molecule has 1 atom stereocenters. The van der Waals surface area contributed by atoms with Gasteiger partial charge in [0.15, 0.2) is 0 Å². The molecule has 0 radical (unpaired) electrons. The molecule has 5 nitrogen and oxygen atoms in total. The van der Waals surface area contributed by atoms with Gasteiger partial charge < -0.3 is 14.8 Å². The Bertz CT molecular complexity index is 763. The highest BCUT2D eigenvalue weighted by molar-refractivity contribution is 6.01. The Morgan fingerprint density at radius 3 is 2.75 bits per heavy atom. The number of para-hydroxylation sites is 1. The number of amides is 2. The molecular formula is C19H25N3O2. The van der Waals surface area contributed by atoms with Gasteiger partial charge in [-0.25, -0.2) is 0 Å². The Labute approximate surface area is 142 Å². The second-order valence-electron chi connectivity index (χ2n) is 6.68. The molecule has 1 aromatic heterocycles. The van der Waals surface area contributed by atoms with E-state index in [4.69, 9.17) is 0 Å². The quantitative estimate of drug-likeness (QED) is 0.918. The van der Waals surface area contributed by atoms with E-state index in [1.807, 2.05) is 53.6 Å². The van der Waals surface area contributed by atoms with Crippen molar-refractivity contribution in [1.82, 2.24) is 14.8 Å². The van der Waals surface area contributed by atoms with E-state index in [1.165, 1.54) is 0 Å². The van der Waals surface area contributed by atoms with Crippen LogP contribution in [0.1, 0.15) is 44.1 Å². The lowest BCUT2D eigenvalue weighted by molar-refractivity contribution is -0.130. The number of nitrogens with zero attached hydrogens (tertiary/aromatic N) is 2.